The number of hydrogen-bond donors (Lipinski definition) is 4. The molecule has 0 aromatic rings. The van der Waals surface area contributed by atoms with Gasteiger partial charge in [0.2, 0.25) is 0 Å². The Balaban J connectivity index is 2.86. The average molecular weight is 521 g/mol. The summed E-state index contributed by atoms with van der Waals surface area (Å²) in [7, 11) is 0. The Bertz CT molecular complexity index is 651. The third kappa shape index (κ3) is 16.1. The quantitative estimate of drug-likeness (QED) is 0.246. The van der Waals surface area contributed by atoms with Gasteiger partial charge in [-0.25, -0.2) is 0 Å². The molecule has 0 unspecified atom stereocenters. The first-order chi connectivity index (χ1) is 17.1. The summed E-state index contributed by atoms with van der Waals surface area (Å²) in [5, 5.41) is 37.4. The number of carboxylic acid groups (broad SMARTS) is 2. The molecule has 4 N–H and O–H groups in total. The van der Waals surface area contributed by atoms with Crippen molar-refractivity contribution in [3.05, 3.63) is 0 Å². The van der Waals surface area contributed by atoms with Crippen LogP contribution in [0.2, 0.25) is 0 Å². The minimum atomic E-state index is -1.50. The third-order valence-electron chi connectivity index (χ3n) is 5.83. The van der Waals surface area contributed by atoms with Gasteiger partial charge in [0.15, 0.2) is 6.29 Å². The van der Waals surface area contributed by atoms with Gasteiger partial charge in [0, 0.05) is 64.8 Å². The number of ketones is 1. The number of carbonyl (C=O) groups is 3. The molecule has 36 heavy (non-hydrogen) atoms. The molecule has 0 saturated carbocycles. The Labute approximate surface area is 213 Å². The summed E-state index contributed by atoms with van der Waals surface area (Å²) in [6, 6.07) is 0. The minimum absolute atomic E-state index is 0.0381. The average Bonchev–Trinajstić information content (AvgIpc) is 2.77. The van der Waals surface area contributed by atoms with E-state index in [-0.39, 0.29) is 44.5 Å². The number of carboxylic acids is 2. The van der Waals surface area contributed by atoms with Crippen LogP contribution in [0, 0.1) is 5.92 Å². The summed E-state index contributed by atoms with van der Waals surface area (Å²) in [6.07, 6.45) is -1.50. The summed E-state index contributed by atoms with van der Waals surface area (Å²) in [5.74, 6) is -1.95. The van der Waals surface area contributed by atoms with Crippen LogP contribution in [0.15, 0.2) is 0 Å². The van der Waals surface area contributed by atoms with Crippen LogP contribution in [-0.2, 0) is 23.9 Å². The maximum atomic E-state index is 12.3. The lowest BCUT2D eigenvalue weighted by Gasteiger charge is -2.29. The van der Waals surface area contributed by atoms with Crippen LogP contribution in [0.5, 0.6) is 0 Å². The zero-order chi connectivity index (χ0) is 26.9. The zero-order valence-corrected chi connectivity index (χ0v) is 21.6. The fraction of sp³-hybridized carbons (Fsp3) is 0.870. The van der Waals surface area contributed by atoms with E-state index in [0.717, 1.165) is 0 Å². The highest BCUT2D eigenvalue weighted by Crippen LogP contribution is 2.02. The largest absolute Gasteiger partial charge is 0.480 e. The lowest BCUT2D eigenvalue weighted by Crippen LogP contribution is -2.44. The number of carbonyl (C=O) groups excluding carboxylic acids is 1. The van der Waals surface area contributed by atoms with Gasteiger partial charge >= 0.3 is 11.9 Å². The van der Waals surface area contributed by atoms with Crippen LogP contribution in [0.1, 0.15) is 13.8 Å². The van der Waals surface area contributed by atoms with Crippen LogP contribution in [-0.4, -0.2) is 169 Å². The monoisotopic (exact) mass is 520 g/mol. The van der Waals surface area contributed by atoms with E-state index < -0.39 is 18.2 Å². The van der Waals surface area contributed by atoms with Crippen LogP contribution in [0.3, 0.4) is 0 Å². The highest BCUT2D eigenvalue weighted by molar-refractivity contribution is 5.82. The first-order valence-corrected chi connectivity index (χ1v) is 12.4. The number of hydrogen-bond acceptors (Lipinski definition) is 11. The number of aliphatic hydroxyl groups is 2. The smallest absolute Gasteiger partial charge is 0.317 e. The highest BCUT2D eigenvalue weighted by atomic mass is 16.5. The van der Waals surface area contributed by atoms with Gasteiger partial charge in [0.25, 0.3) is 0 Å². The van der Waals surface area contributed by atoms with E-state index in [1.807, 2.05) is 23.6 Å². The molecular weight excluding hydrogens is 476 g/mol. The van der Waals surface area contributed by atoms with Gasteiger partial charge in [-0.1, -0.05) is 13.8 Å². The second-order valence-electron chi connectivity index (χ2n) is 9.24. The van der Waals surface area contributed by atoms with Crippen LogP contribution < -0.4 is 0 Å². The maximum Gasteiger partial charge on any atom is 0.317 e. The van der Waals surface area contributed by atoms with Gasteiger partial charge in [-0.05, 0) is 0 Å². The Morgan fingerprint density at radius 2 is 1.00 bits per heavy atom. The molecule has 1 aliphatic rings. The van der Waals surface area contributed by atoms with E-state index in [1.165, 1.54) is 0 Å². The Morgan fingerprint density at radius 1 is 0.639 bits per heavy atom. The molecule has 1 heterocycles. The summed E-state index contributed by atoms with van der Waals surface area (Å²) < 4.78 is 11.4. The van der Waals surface area contributed by atoms with E-state index in [2.05, 4.69) is 0 Å². The number of β-amino-alcohol motifs (C(OH)–C–C–N with tert-alkyl or cyclic N) is 2. The van der Waals surface area contributed by atoms with Crippen LogP contribution >= 0.6 is 0 Å². The molecule has 0 bridgehead atoms. The van der Waals surface area contributed by atoms with Gasteiger partial charge < -0.3 is 29.9 Å². The summed E-state index contributed by atoms with van der Waals surface area (Å²) in [6.45, 7) is 8.26. The topological polar surface area (TPSA) is 164 Å². The second kappa shape index (κ2) is 18.5. The third-order valence-corrected chi connectivity index (χ3v) is 5.83. The number of aliphatic carboxylic acids is 2. The predicted octanol–water partition coefficient (Wildman–Crippen LogP) is -2.05. The molecule has 1 aliphatic heterocycles. The summed E-state index contributed by atoms with van der Waals surface area (Å²) >= 11 is 0. The molecule has 0 atom stereocenters. The molecule has 0 aliphatic carbocycles. The van der Waals surface area contributed by atoms with E-state index in [4.69, 9.17) is 9.47 Å². The molecule has 210 valence electrons. The van der Waals surface area contributed by atoms with Gasteiger partial charge in [-0.15, -0.1) is 0 Å². The van der Waals surface area contributed by atoms with Crippen molar-refractivity contribution in [3.63, 3.8) is 0 Å². The second-order valence-corrected chi connectivity index (χ2v) is 9.24. The van der Waals surface area contributed by atoms with Crippen molar-refractivity contribution in [3.8, 4) is 0 Å². The molecule has 0 radical (unpaired) electrons. The summed E-state index contributed by atoms with van der Waals surface area (Å²) in [5.41, 5.74) is 0. The van der Waals surface area contributed by atoms with Crippen molar-refractivity contribution in [1.29, 1.82) is 0 Å². The first-order valence-electron chi connectivity index (χ1n) is 12.4. The van der Waals surface area contributed by atoms with Crippen molar-refractivity contribution in [2.75, 3.05) is 105 Å². The van der Waals surface area contributed by atoms with Crippen molar-refractivity contribution in [2.45, 2.75) is 20.1 Å². The molecule has 0 aromatic carbocycles. The number of rotatable bonds is 9. The molecule has 13 heteroatoms. The van der Waals surface area contributed by atoms with Crippen LogP contribution in [0.25, 0.3) is 0 Å². The molecule has 0 amide bonds. The van der Waals surface area contributed by atoms with Crippen molar-refractivity contribution >= 4 is 17.7 Å². The SMILES string of the molecule is CC(C)C(=O)CN1CCOCCN(CC(=O)O)CCN(CC(=O)O)CCOCCN(CC(O)O)CC1. The normalized spacial score (nSPS) is 20.3. The molecule has 1 rings (SSSR count). The molecule has 1 fully saturated rings. The van der Waals surface area contributed by atoms with E-state index in [9.17, 15) is 34.8 Å². The predicted molar refractivity (Wildman–Crippen MR) is 131 cm³/mol. The zero-order valence-electron chi connectivity index (χ0n) is 21.6. The minimum Gasteiger partial charge on any atom is -0.480 e. The molecule has 0 spiro atoms. The molecule has 0 aromatic heterocycles. The van der Waals surface area contributed by atoms with Crippen molar-refractivity contribution in [1.82, 2.24) is 19.6 Å². The number of aliphatic hydroxyl groups excluding tert-OH is 1. The highest BCUT2D eigenvalue weighted by Gasteiger charge is 2.18. The number of ether oxygens (including phenoxy) is 2. The lowest BCUT2D eigenvalue weighted by molar-refractivity contribution is -0.140. The van der Waals surface area contributed by atoms with Crippen LogP contribution in [0.4, 0.5) is 0 Å². The van der Waals surface area contributed by atoms with Gasteiger partial charge in [-0.3, -0.25) is 34.0 Å². The lowest BCUT2D eigenvalue weighted by atomic mass is 10.1. The van der Waals surface area contributed by atoms with Gasteiger partial charge in [0.05, 0.1) is 46.1 Å². The molecule has 13 nitrogen and oxygen atoms in total. The first kappa shape index (κ1) is 32.3. The van der Waals surface area contributed by atoms with E-state index >= 15 is 0 Å². The fourth-order valence-electron chi connectivity index (χ4n) is 3.67. The van der Waals surface area contributed by atoms with Crippen molar-refractivity contribution < 1.29 is 44.3 Å². The standard InChI is InChI=1S/C23H44N4O9/c1-19(2)20(28)15-24-3-4-25(16-21(29)30)8-13-36-14-10-27(18-23(33)34)6-5-26(17-22(31)32)9-12-35-11-7-24/h19,21,29-30H,3-18H2,1-2H3,(H,31,32)(H,33,34). The van der Waals surface area contributed by atoms with E-state index in [0.29, 0.717) is 72.2 Å². The Hall–Kier alpha value is -1.71. The van der Waals surface area contributed by atoms with Gasteiger partial charge in [-0.2, -0.15) is 0 Å². The fourth-order valence-corrected chi connectivity index (χ4v) is 3.67. The number of nitrogens with zero attached hydrogens (tertiary/aromatic N) is 4. The van der Waals surface area contributed by atoms with Crippen molar-refractivity contribution in [2.24, 2.45) is 5.92 Å². The Kier molecular flexibility index (Phi) is 16.6. The Morgan fingerprint density at radius 3 is 1.36 bits per heavy atom. The van der Waals surface area contributed by atoms with Gasteiger partial charge in [0.1, 0.15) is 5.78 Å². The molecule has 1 saturated heterocycles. The molecular formula is C23H44N4O9. The summed E-state index contributed by atoms with van der Waals surface area (Å²) in [4.78, 5) is 42.1. The number of Topliss-reactive ketones (excluding diaryl/α,β-unsaturated/α-hetero) is 1. The maximum absolute atomic E-state index is 12.3. The van der Waals surface area contributed by atoms with E-state index in [1.54, 1.807) is 9.80 Å².